The van der Waals surface area contributed by atoms with E-state index in [0.29, 0.717) is 0 Å². The Kier molecular flexibility index (Phi) is 9.88. The molecule has 8 heteroatoms. The van der Waals surface area contributed by atoms with Crippen LogP contribution in [-0.2, 0) is 0 Å². The second kappa shape index (κ2) is 7.98. The van der Waals surface area contributed by atoms with Crippen LogP contribution < -0.4 is 0 Å². The number of hydrogen-bond acceptors (Lipinski definition) is 0. The first-order valence-corrected chi connectivity index (χ1v) is 3.52. The first kappa shape index (κ1) is 14.9. The molecular weight excluding hydrogens is 266 g/mol. The molecule has 0 aliphatic heterocycles. The molecule has 72 valence electrons. The molecule has 0 amide bonds. The molecule has 12 heavy (non-hydrogen) atoms. The number of hydrogen-bond donors (Lipinski definition) is 0. The largest absolute Gasteiger partial charge is 0.236 e. The zero-order chi connectivity index (χ0) is 10.3. The SMILES string of the molecule is FC(Cl)=C(F)Cl.FC(Cl)=C(F)Cl. The predicted octanol–water partition coefficient (Wildman–Crippen LogP) is 5.06. The molecule has 0 saturated carbocycles. The van der Waals surface area contributed by atoms with Crippen LogP contribution in [0.15, 0.2) is 21.1 Å². The van der Waals surface area contributed by atoms with Crippen molar-refractivity contribution in [3.63, 3.8) is 0 Å². The van der Waals surface area contributed by atoms with Crippen LogP contribution >= 0.6 is 46.4 Å². The Bertz CT molecular complexity index is 141. The van der Waals surface area contributed by atoms with Crippen LogP contribution in [0.25, 0.3) is 0 Å². The van der Waals surface area contributed by atoms with Gasteiger partial charge in [-0.3, -0.25) is 0 Å². The average molecular weight is 266 g/mol. The molecule has 0 fully saturated rings. The summed E-state index contributed by atoms with van der Waals surface area (Å²) in [5.41, 5.74) is 0. The van der Waals surface area contributed by atoms with Gasteiger partial charge in [0.15, 0.2) is 0 Å². The van der Waals surface area contributed by atoms with Crippen molar-refractivity contribution in [3.8, 4) is 0 Å². The summed E-state index contributed by atoms with van der Waals surface area (Å²) in [6.07, 6.45) is 0. The summed E-state index contributed by atoms with van der Waals surface area (Å²) >= 11 is 17.3. The zero-order valence-corrected chi connectivity index (χ0v) is 8.05. The van der Waals surface area contributed by atoms with Gasteiger partial charge in [0, 0.05) is 0 Å². The van der Waals surface area contributed by atoms with Crippen LogP contribution in [0.1, 0.15) is 0 Å². The van der Waals surface area contributed by atoms with E-state index in [1.807, 2.05) is 0 Å². The Balaban J connectivity index is 0. The lowest BCUT2D eigenvalue weighted by molar-refractivity contribution is 0.609. The van der Waals surface area contributed by atoms with E-state index in [9.17, 15) is 17.6 Å². The monoisotopic (exact) mass is 264 g/mol. The highest BCUT2D eigenvalue weighted by Crippen LogP contribution is 2.14. The quantitative estimate of drug-likeness (QED) is 0.537. The molecule has 0 aromatic rings. The smallest absolute Gasteiger partial charge is 0.189 e. The van der Waals surface area contributed by atoms with Crippen molar-refractivity contribution in [2.75, 3.05) is 0 Å². The Morgan fingerprint density at radius 1 is 0.500 bits per heavy atom. The summed E-state index contributed by atoms with van der Waals surface area (Å²) in [6, 6.07) is 0. The van der Waals surface area contributed by atoms with Crippen LogP contribution in [-0.4, -0.2) is 0 Å². The Labute approximate surface area is 85.3 Å². The minimum Gasteiger partial charge on any atom is -0.189 e. The van der Waals surface area contributed by atoms with E-state index in [2.05, 4.69) is 46.4 Å². The van der Waals surface area contributed by atoms with Gasteiger partial charge in [0.1, 0.15) is 0 Å². The predicted molar refractivity (Wildman–Crippen MR) is 41.9 cm³/mol. The van der Waals surface area contributed by atoms with E-state index >= 15 is 0 Å². The maximum Gasteiger partial charge on any atom is 0.236 e. The Hall–Kier alpha value is 0.360. The van der Waals surface area contributed by atoms with Crippen molar-refractivity contribution in [1.29, 1.82) is 0 Å². The lowest BCUT2D eigenvalue weighted by Crippen LogP contribution is -1.52. The fourth-order valence-corrected chi connectivity index (χ4v) is 0. The van der Waals surface area contributed by atoms with Gasteiger partial charge in [-0.05, 0) is 46.4 Å². The van der Waals surface area contributed by atoms with Crippen LogP contribution in [0.2, 0.25) is 0 Å². The molecule has 0 unspecified atom stereocenters. The number of rotatable bonds is 0. The zero-order valence-electron chi connectivity index (χ0n) is 5.02. The van der Waals surface area contributed by atoms with Gasteiger partial charge in [-0.1, -0.05) is 0 Å². The van der Waals surface area contributed by atoms with E-state index in [0.717, 1.165) is 0 Å². The highest BCUT2D eigenvalue weighted by molar-refractivity contribution is 6.37. The lowest BCUT2D eigenvalue weighted by atomic mass is 11.1. The highest BCUT2D eigenvalue weighted by Gasteiger charge is 1.93. The standard InChI is InChI=1S/2C2Cl2F2/c2*3-1(5)2(4)6. The molecule has 0 heterocycles. The third kappa shape index (κ3) is 13.0. The van der Waals surface area contributed by atoms with Crippen molar-refractivity contribution < 1.29 is 17.6 Å². The fourth-order valence-electron chi connectivity index (χ4n) is 0. The molecule has 0 atom stereocenters. The maximum atomic E-state index is 11.0. The molecule has 0 aliphatic carbocycles. The summed E-state index contributed by atoms with van der Waals surface area (Å²) in [7, 11) is 0. The van der Waals surface area contributed by atoms with Gasteiger partial charge in [-0.25, -0.2) is 0 Å². The van der Waals surface area contributed by atoms with Gasteiger partial charge in [0.25, 0.3) is 0 Å². The first-order valence-electron chi connectivity index (χ1n) is 2.01. The summed E-state index contributed by atoms with van der Waals surface area (Å²) in [5.74, 6) is 0. The van der Waals surface area contributed by atoms with E-state index < -0.39 is 21.1 Å². The second-order valence-electron chi connectivity index (χ2n) is 1.04. The molecule has 0 radical (unpaired) electrons. The minimum absolute atomic E-state index is 1.50. The Morgan fingerprint density at radius 3 is 0.583 bits per heavy atom. The van der Waals surface area contributed by atoms with Crippen molar-refractivity contribution in [2.45, 2.75) is 0 Å². The van der Waals surface area contributed by atoms with Crippen LogP contribution in [0.5, 0.6) is 0 Å². The molecular formula is C4Cl4F4. The topological polar surface area (TPSA) is 0 Å². The summed E-state index contributed by atoms with van der Waals surface area (Å²) < 4.78 is 43.8. The van der Waals surface area contributed by atoms with Gasteiger partial charge < -0.3 is 0 Å². The van der Waals surface area contributed by atoms with E-state index in [1.165, 1.54) is 0 Å². The van der Waals surface area contributed by atoms with Crippen LogP contribution in [0.4, 0.5) is 17.6 Å². The van der Waals surface area contributed by atoms with Crippen molar-refractivity contribution in [3.05, 3.63) is 21.1 Å². The van der Waals surface area contributed by atoms with Gasteiger partial charge in [0.2, 0.25) is 21.1 Å². The Morgan fingerprint density at radius 2 is 0.583 bits per heavy atom. The number of halogens is 8. The highest BCUT2D eigenvalue weighted by atomic mass is 35.5. The lowest BCUT2D eigenvalue weighted by Gasteiger charge is -1.72. The van der Waals surface area contributed by atoms with Gasteiger partial charge in [0.05, 0.1) is 0 Å². The van der Waals surface area contributed by atoms with Gasteiger partial charge in [-0.2, -0.15) is 17.6 Å². The average Bonchev–Trinajstić information content (AvgIpc) is 1.88. The second-order valence-corrected chi connectivity index (χ2v) is 2.37. The fraction of sp³-hybridized carbons (Fsp3) is 0. The molecule has 0 rings (SSSR count). The minimum atomic E-state index is -1.50. The molecule has 0 aromatic carbocycles. The van der Waals surface area contributed by atoms with E-state index in [1.54, 1.807) is 0 Å². The molecule has 0 bridgehead atoms. The van der Waals surface area contributed by atoms with Crippen LogP contribution in [0.3, 0.4) is 0 Å². The van der Waals surface area contributed by atoms with Crippen molar-refractivity contribution in [2.24, 2.45) is 0 Å². The molecule has 0 saturated heterocycles. The third-order valence-electron chi connectivity index (χ3n) is 0.286. The summed E-state index contributed by atoms with van der Waals surface area (Å²) in [5, 5.41) is -6.01. The van der Waals surface area contributed by atoms with Gasteiger partial charge in [-0.15, -0.1) is 0 Å². The van der Waals surface area contributed by atoms with E-state index in [-0.39, 0.29) is 0 Å². The van der Waals surface area contributed by atoms with Gasteiger partial charge >= 0.3 is 0 Å². The normalized spacial score (nSPS) is 14.0. The van der Waals surface area contributed by atoms with E-state index in [4.69, 9.17) is 0 Å². The molecule has 0 nitrogen and oxygen atoms in total. The molecule has 0 aliphatic rings. The molecule has 0 spiro atoms. The maximum absolute atomic E-state index is 11.0. The molecule has 0 N–H and O–H groups in total. The third-order valence-corrected chi connectivity index (χ3v) is 1.14. The summed E-state index contributed by atoms with van der Waals surface area (Å²) in [6.45, 7) is 0. The molecule has 0 aromatic heterocycles. The van der Waals surface area contributed by atoms with Crippen molar-refractivity contribution in [1.82, 2.24) is 0 Å². The van der Waals surface area contributed by atoms with Crippen LogP contribution in [0, 0.1) is 0 Å². The first-order chi connectivity index (χ1) is 5.29. The summed E-state index contributed by atoms with van der Waals surface area (Å²) in [4.78, 5) is 0. The van der Waals surface area contributed by atoms with Crippen molar-refractivity contribution >= 4 is 46.4 Å².